The number of allylic oxidation sites excluding steroid dienone is 18. The van der Waals surface area contributed by atoms with Crippen molar-refractivity contribution in [2.24, 2.45) is 0 Å². The van der Waals surface area contributed by atoms with Crippen molar-refractivity contribution in [2.45, 2.75) is 122 Å². The minimum atomic E-state index is -1.70. The predicted molar refractivity (Wildman–Crippen MR) is 238 cm³/mol. The van der Waals surface area contributed by atoms with E-state index in [1.54, 1.807) is 120 Å². The van der Waals surface area contributed by atoms with Gasteiger partial charge in [0.1, 0.15) is 0 Å². The minimum absolute atomic E-state index is 0. The van der Waals surface area contributed by atoms with Gasteiger partial charge in [-0.1, -0.05) is 114 Å². The van der Waals surface area contributed by atoms with E-state index in [0.717, 1.165) is 0 Å². The Hall–Kier alpha value is -6.04. The summed E-state index contributed by atoms with van der Waals surface area (Å²) < 4.78 is 0. The number of ketones is 3. The summed E-state index contributed by atoms with van der Waals surface area (Å²) in [5, 5.41) is 68.0. The molecule has 370 valence electrons. The van der Waals surface area contributed by atoms with Crippen LogP contribution in [0.3, 0.4) is 0 Å². The minimum Gasteiger partial charge on any atom is -0.545 e. The second-order valence-corrected chi connectivity index (χ2v) is 13.2. The second-order valence-electron chi connectivity index (χ2n) is 13.2. The average molecular weight is 1120 g/mol. The fraction of sp³-hybridized carbons (Fsp3) is 0.353. The fourth-order valence-corrected chi connectivity index (χ4v) is 6.07. The Kier molecular flexibility index (Phi) is 40.7. The summed E-state index contributed by atoms with van der Waals surface area (Å²) in [7, 11) is 0. The first-order valence-corrected chi connectivity index (χ1v) is 21.1. The molecule has 0 saturated carbocycles. The molecular formula is C51H60O15Ru2. The molecule has 0 fully saturated rings. The number of carbonyl (C=O) groups is 9. The van der Waals surface area contributed by atoms with Crippen LogP contribution < -0.4 is 30.6 Å². The summed E-state index contributed by atoms with van der Waals surface area (Å²) in [5.74, 6) is -13.5. The maximum Gasteiger partial charge on any atom is 3.00 e. The van der Waals surface area contributed by atoms with Gasteiger partial charge in [-0.05, 0) is 114 Å². The zero-order chi connectivity index (χ0) is 51.9. The zero-order valence-electron chi connectivity index (χ0n) is 40.5. The first-order valence-electron chi connectivity index (χ1n) is 21.1. The van der Waals surface area contributed by atoms with Gasteiger partial charge in [-0.15, -0.1) is 0 Å². The Morgan fingerprint density at radius 2 is 0.368 bits per heavy atom. The van der Waals surface area contributed by atoms with E-state index in [4.69, 9.17) is 0 Å². The van der Waals surface area contributed by atoms with E-state index in [0.29, 0.717) is 0 Å². The van der Waals surface area contributed by atoms with Crippen molar-refractivity contribution in [3.63, 3.8) is 0 Å². The molecule has 0 aliphatic rings. The molecule has 68 heavy (non-hydrogen) atoms. The van der Waals surface area contributed by atoms with Crippen molar-refractivity contribution >= 4 is 53.2 Å². The summed E-state index contributed by atoms with van der Waals surface area (Å²) in [6.07, 6.45) is 19.7. The van der Waals surface area contributed by atoms with Crippen LogP contribution in [0, 0.1) is 0 Å². The van der Waals surface area contributed by atoms with Gasteiger partial charge >= 0.3 is 39.0 Å². The molecule has 0 aliphatic heterocycles. The van der Waals surface area contributed by atoms with Crippen LogP contribution in [0.15, 0.2) is 140 Å². The number of carbonyl (C=O) groups excluding carboxylic acids is 9. The van der Waals surface area contributed by atoms with E-state index in [2.05, 4.69) is 0 Å². The maximum absolute atomic E-state index is 12.5. The molecule has 0 bridgehead atoms. The summed E-state index contributed by atoms with van der Waals surface area (Å²) in [5.41, 5.74) is -2.60. The average Bonchev–Trinajstić information content (AvgIpc) is 3.24. The van der Waals surface area contributed by atoms with Gasteiger partial charge in [-0.2, -0.15) is 0 Å². The number of aliphatic carboxylic acids is 6. The van der Waals surface area contributed by atoms with E-state index < -0.39 is 86.6 Å². The molecule has 15 nitrogen and oxygen atoms in total. The molecule has 0 rings (SSSR count). The molecule has 0 spiro atoms. The Morgan fingerprint density at radius 3 is 0.426 bits per heavy atom. The van der Waals surface area contributed by atoms with Crippen molar-refractivity contribution < 1.29 is 113 Å². The number of rotatable bonds is 24. The Morgan fingerprint density at radius 1 is 0.265 bits per heavy atom. The number of hydrogen-bond acceptors (Lipinski definition) is 15. The van der Waals surface area contributed by atoms with Crippen LogP contribution in [0.4, 0.5) is 0 Å². The third kappa shape index (κ3) is 22.6. The van der Waals surface area contributed by atoms with Crippen LogP contribution in [-0.2, 0) is 82.1 Å². The van der Waals surface area contributed by atoms with Gasteiger partial charge in [-0.3, -0.25) is 14.4 Å². The fourth-order valence-electron chi connectivity index (χ4n) is 6.07. The van der Waals surface area contributed by atoms with Gasteiger partial charge in [0.05, 0.1) is 35.8 Å². The molecule has 0 amide bonds. The molecular weight excluding hydrogens is 1050 g/mol. The van der Waals surface area contributed by atoms with E-state index in [9.17, 15) is 73.8 Å². The number of hydrogen-bond donors (Lipinski definition) is 0. The second kappa shape index (κ2) is 39.0. The van der Waals surface area contributed by atoms with Gasteiger partial charge in [0, 0.05) is 33.4 Å². The van der Waals surface area contributed by atoms with Gasteiger partial charge in [0.25, 0.3) is 0 Å². The molecule has 17 heteroatoms. The standard InChI is InChI=1S/3C17H22O5.2Ru/c3*1-5-9-11(7-3)13(16(19)20)15(18)14(17(21)22)12(8-4)10-6-2;;/h3*5-6,9-10H,7-8H2,1-4H3,(H,19,20)(H,21,22);;/q;;;2*+3/p-6/b3*9-5+,10-6+,13-11+,14-12+;;. The summed E-state index contributed by atoms with van der Waals surface area (Å²) in [6.45, 7) is 20.0. The molecule has 0 aromatic carbocycles. The topological polar surface area (TPSA) is 292 Å². The Labute approximate surface area is 425 Å². The summed E-state index contributed by atoms with van der Waals surface area (Å²) in [6, 6.07) is 0. The van der Waals surface area contributed by atoms with Gasteiger partial charge in [0.2, 0.25) is 0 Å². The summed E-state index contributed by atoms with van der Waals surface area (Å²) >= 11 is 0. The van der Waals surface area contributed by atoms with Crippen LogP contribution in [0.1, 0.15) is 122 Å². The van der Waals surface area contributed by atoms with E-state index in [-0.39, 0.29) is 111 Å². The molecule has 0 unspecified atom stereocenters. The largest absolute Gasteiger partial charge is 3.00 e. The zero-order valence-corrected chi connectivity index (χ0v) is 44.0. The van der Waals surface area contributed by atoms with Crippen LogP contribution in [-0.4, -0.2) is 53.2 Å². The third-order valence-electron chi connectivity index (χ3n) is 9.01. The van der Waals surface area contributed by atoms with Gasteiger partial charge in [0.15, 0.2) is 17.3 Å². The smallest absolute Gasteiger partial charge is 0.545 e. The number of carboxylic acid groups (broad SMARTS) is 6. The molecule has 0 atom stereocenters. The Balaban J connectivity index is -0.000000288. The van der Waals surface area contributed by atoms with Crippen molar-refractivity contribution in [1.82, 2.24) is 0 Å². The van der Waals surface area contributed by atoms with Crippen molar-refractivity contribution in [3.8, 4) is 0 Å². The first-order chi connectivity index (χ1) is 31.0. The van der Waals surface area contributed by atoms with Crippen molar-refractivity contribution in [2.75, 3.05) is 0 Å². The first kappa shape index (κ1) is 71.0. The quantitative estimate of drug-likeness (QED) is 0.0438. The van der Waals surface area contributed by atoms with Crippen molar-refractivity contribution in [1.29, 1.82) is 0 Å². The molecule has 0 saturated heterocycles. The van der Waals surface area contributed by atoms with E-state index in [1.807, 2.05) is 0 Å². The molecule has 0 N–H and O–H groups in total. The molecule has 0 heterocycles. The monoisotopic (exact) mass is 1120 g/mol. The predicted octanol–water partition coefficient (Wildman–Crippen LogP) is 1.86. The molecule has 2 radical (unpaired) electrons. The molecule has 0 aromatic rings. The molecule has 0 aliphatic carbocycles. The van der Waals surface area contributed by atoms with Crippen LogP contribution in [0.5, 0.6) is 0 Å². The number of carboxylic acids is 6. The summed E-state index contributed by atoms with van der Waals surface area (Å²) in [4.78, 5) is 105. The SMILES string of the molecule is C/C=C/C(CC)=C(/C(=O)[O-])C(=O)/C(C(=O)[O-])=C(\C=C\C)CC.C/C=C/C(CC)=C(/C(=O)[O-])C(=O)/C(C(=O)[O-])=C(\C=C\C)CC.C/C=C/C(CC)=C(/C(=O)[O-])C(=O)/C(C(=O)[O-])=C(\C=C\C)CC.[Ru+3].[Ru+3]. The van der Waals surface area contributed by atoms with Crippen LogP contribution in [0.2, 0.25) is 0 Å². The van der Waals surface area contributed by atoms with E-state index in [1.165, 1.54) is 36.5 Å². The van der Waals surface area contributed by atoms with Crippen LogP contribution >= 0.6 is 0 Å². The van der Waals surface area contributed by atoms with Crippen LogP contribution in [0.25, 0.3) is 0 Å². The number of Topliss-reactive ketones (excluding diaryl/α,β-unsaturated/α-hetero) is 3. The van der Waals surface area contributed by atoms with Gasteiger partial charge in [-0.25, -0.2) is 0 Å². The van der Waals surface area contributed by atoms with Crippen molar-refractivity contribution in [3.05, 3.63) is 140 Å². The maximum atomic E-state index is 12.5. The van der Waals surface area contributed by atoms with Gasteiger partial charge < -0.3 is 59.4 Å². The Bertz CT molecular complexity index is 1830. The third-order valence-corrected chi connectivity index (χ3v) is 9.01. The normalized spacial score (nSPS) is 13.6. The molecule has 0 aromatic heterocycles. The van der Waals surface area contributed by atoms with E-state index >= 15 is 0 Å².